The van der Waals surface area contributed by atoms with Gasteiger partial charge < -0.3 is 5.11 Å². The van der Waals surface area contributed by atoms with Gasteiger partial charge >= 0.3 is 0 Å². The molecule has 0 spiro atoms. The third-order valence-corrected chi connectivity index (χ3v) is 3.77. The average Bonchev–Trinajstić information content (AvgIpc) is 2.34. The molecule has 1 N–H and O–H groups in total. The summed E-state index contributed by atoms with van der Waals surface area (Å²) in [5.41, 5.74) is 0.795. The molecule has 1 aromatic carbocycles. The zero-order valence-electron chi connectivity index (χ0n) is 8.73. The van der Waals surface area contributed by atoms with Gasteiger partial charge in [0.05, 0.1) is 16.7 Å². The SMILES string of the molecule is OCc1ccc(Sc2ccc(Cl)cn2)c(Cl)c1. The lowest BCUT2D eigenvalue weighted by atomic mass is 10.2. The molecule has 0 saturated heterocycles. The maximum atomic E-state index is 8.98. The van der Waals surface area contributed by atoms with E-state index in [1.54, 1.807) is 18.3 Å². The van der Waals surface area contributed by atoms with Gasteiger partial charge in [-0.25, -0.2) is 4.98 Å². The highest BCUT2D eigenvalue weighted by molar-refractivity contribution is 7.99. The molecule has 0 aliphatic rings. The van der Waals surface area contributed by atoms with Crippen molar-refractivity contribution >= 4 is 35.0 Å². The van der Waals surface area contributed by atoms with Crippen molar-refractivity contribution in [1.29, 1.82) is 0 Å². The van der Waals surface area contributed by atoms with Gasteiger partial charge in [0.1, 0.15) is 5.03 Å². The van der Waals surface area contributed by atoms with Crippen LogP contribution in [-0.2, 0) is 6.61 Å². The summed E-state index contributed by atoms with van der Waals surface area (Å²) in [6, 6.07) is 9.08. The maximum Gasteiger partial charge on any atom is 0.101 e. The van der Waals surface area contributed by atoms with Crippen LogP contribution in [-0.4, -0.2) is 10.1 Å². The lowest BCUT2D eigenvalue weighted by Crippen LogP contribution is -1.85. The van der Waals surface area contributed by atoms with E-state index in [2.05, 4.69) is 4.98 Å². The first-order valence-corrected chi connectivity index (χ1v) is 6.45. The van der Waals surface area contributed by atoms with Crippen LogP contribution in [0.2, 0.25) is 10.0 Å². The topological polar surface area (TPSA) is 33.1 Å². The van der Waals surface area contributed by atoms with Crippen LogP contribution < -0.4 is 0 Å². The van der Waals surface area contributed by atoms with Crippen LogP contribution in [0, 0.1) is 0 Å². The van der Waals surface area contributed by atoms with E-state index in [0.29, 0.717) is 10.0 Å². The zero-order chi connectivity index (χ0) is 12.3. The smallest absolute Gasteiger partial charge is 0.101 e. The Hall–Kier alpha value is -0.740. The highest BCUT2D eigenvalue weighted by Gasteiger charge is 2.04. The van der Waals surface area contributed by atoms with Gasteiger partial charge in [-0.05, 0) is 29.8 Å². The molecule has 0 amide bonds. The number of nitrogens with zero attached hydrogens (tertiary/aromatic N) is 1. The van der Waals surface area contributed by atoms with E-state index in [0.717, 1.165) is 15.5 Å². The van der Waals surface area contributed by atoms with E-state index >= 15 is 0 Å². The van der Waals surface area contributed by atoms with Crippen molar-refractivity contribution in [2.75, 3.05) is 0 Å². The molecule has 0 saturated carbocycles. The molecule has 0 fully saturated rings. The predicted molar refractivity (Wildman–Crippen MR) is 70.7 cm³/mol. The fourth-order valence-corrected chi connectivity index (χ4v) is 2.45. The summed E-state index contributed by atoms with van der Waals surface area (Å²) in [6.45, 7) is -0.0101. The predicted octanol–water partition coefficient (Wildman–Crippen LogP) is 4.03. The first-order chi connectivity index (χ1) is 8.19. The minimum atomic E-state index is -0.0101. The van der Waals surface area contributed by atoms with Crippen molar-refractivity contribution in [3.05, 3.63) is 52.1 Å². The van der Waals surface area contributed by atoms with E-state index in [1.807, 2.05) is 18.2 Å². The van der Waals surface area contributed by atoms with E-state index in [1.165, 1.54) is 11.8 Å². The number of hydrogen-bond acceptors (Lipinski definition) is 3. The Bertz CT molecular complexity index is 516. The van der Waals surface area contributed by atoms with Gasteiger partial charge in [-0.15, -0.1) is 0 Å². The van der Waals surface area contributed by atoms with Gasteiger partial charge in [0.15, 0.2) is 0 Å². The highest BCUT2D eigenvalue weighted by Crippen LogP contribution is 2.33. The Morgan fingerprint density at radius 2 is 2.00 bits per heavy atom. The number of benzene rings is 1. The summed E-state index contributed by atoms with van der Waals surface area (Å²) in [4.78, 5) is 5.08. The van der Waals surface area contributed by atoms with Crippen LogP contribution in [0.15, 0.2) is 46.5 Å². The Kier molecular flexibility index (Phi) is 4.29. The fourth-order valence-electron chi connectivity index (χ4n) is 1.26. The van der Waals surface area contributed by atoms with Gasteiger partial charge in [-0.1, -0.05) is 41.0 Å². The largest absolute Gasteiger partial charge is 0.392 e. The summed E-state index contributed by atoms with van der Waals surface area (Å²) in [7, 11) is 0. The van der Waals surface area contributed by atoms with Crippen molar-refractivity contribution in [3.8, 4) is 0 Å². The zero-order valence-corrected chi connectivity index (χ0v) is 11.1. The van der Waals surface area contributed by atoms with Crippen LogP contribution in [0.4, 0.5) is 0 Å². The van der Waals surface area contributed by atoms with Gasteiger partial charge in [0, 0.05) is 11.1 Å². The molecule has 5 heteroatoms. The molecule has 88 valence electrons. The molecule has 0 bridgehead atoms. The number of aromatic nitrogens is 1. The van der Waals surface area contributed by atoms with E-state index < -0.39 is 0 Å². The summed E-state index contributed by atoms with van der Waals surface area (Å²) in [5.74, 6) is 0. The number of hydrogen-bond donors (Lipinski definition) is 1. The normalized spacial score (nSPS) is 10.5. The molecular formula is C12H9Cl2NOS. The Labute approximate surface area is 114 Å². The quantitative estimate of drug-likeness (QED) is 0.924. The second kappa shape index (κ2) is 5.74. The molecule has 0 unspecified atom stereocenters. The van der Waals surface area contributed by atoms with Crippen LogP contribution in [0.3, 0.4) is 0 Å². The van der Waals surface area contributed by atoms with E-state index in [4.69, 9.17) is 28.3 Å². The number of aliphatic hydroxyl groups is 1. The molecule has 0 atom stereocenters. The van der Waals surface area contributed by atoms with Crippen molar-refractivity contribution < 1.29 is 5.11 Å². The van der Waals surface area contributed by atoms with Crippen molar-refractivity contribution in [1.82, 2.24) is 4.98 Å². The molecule has 0 aliphatic heterocycles. The minimum Gasteiger partial charge on any atom is -0.392 e. The summed E-state index contributed by atoms with van der Waals surface area (Å²) in [6.07, 6.45) is 1.60. The average molecular weight is 286 g/mol. The number of rotatable bonds is 3. The Morgan fingerprint density at radius 1 is 1.18 bits per heavy atom. The number of pyridine rings is 1. The van der Waals surface area contributed by atoms with Crippen molar-refractivity contribution in [3.63, 3.8) is 0 Å². The molecule has 2 rings (SSSR count). The molecule has 2 nitrogen and oxygen atoms in total. The van der Waals surface area contributed by atoms with Crippen LogP contribution in [0.5, 0.6) is 0 Å². The van der Waals surface area contributed by atoms with Crippen LogP contribution in [0.25, 0.3) is 0 Å². The summed E-state index contributed by atoms with van der Waals surface area (Å²) in [5, 5.41) is 11.0. The molecule has 1 heterocycles. The first kappa shape index (κ1) is 12.7. The molecular weight excluding hydrogens is 277 g/mol. The monoisotopic (exact) mass is 285 g/mol. The van der Waals surface area contributed by atoms with Gasteiger partial charge in [0.25, 0.3) is 0 Å². The van der Waals surface area contributed by atoms with Crippen molar-refractivity contribution in [2.45, 2.75) is 16.5 Å². The third kappa shape index (κ3) is 3.36. The van der Waals surface area contributed by atoms with Crippen LogP contribution in [0.1, 0.15) is 5.56 Å². The first-order valence-electron chi connectivity index (χ1n) is 4.88. The van der Waals surface area contributed by atoms with Gasteiger partial charge in [0.2, 0.25) is 0 Å². The van der Waals surface area contributed by atoms with Crippen LogP contribution >= 0.6 is 35.0 Å². The standard InChI is InChI=1S/C12H9Cl2NOS/c13-9-2-4-12(15-6-9)17-11-3-1-8(7-16)5-10(11)14/h1-6,16H,7H2. The molecule has 0 aliphatic carbocycles. The molecule has 2 aromatic rings. The van der Waals surface area contributed by atoms with Crippen molar-refractivity contribution in [2.24, 2.45) is 0 Å². The minimum absolute atomic E-state index is 0.0101. The Morgan fingerprint density at radius 3 is 2.59 bits per heavy atom. The maximum absolute atomic E-state index is 8.98. The second-order valence-electron chi connectivity index (χ2n) is 3.34. The second-order valence-corrected chi connectivity index (χ2v) is 5.25. The van der Waals surface area contributed by atoms with Gasteiger partial charge in [-0.3, -0.25) is 0 Å². The summed E-state index contributed by atoms with van der Waals surface area (Å²) < 4.78 is 0. The van der Waals surface area contributed by atoms with E-state index in [-0.39, 0.29) is 6.61 Å². The number of halogens is 2. The third-order valence-electron chi connectivity index (χ3n) is 2.09. The summed E-state index contributed by atoms with van der Waals surface area (Å²) >= 11 is 13.3. The molecule has 0 radical (unpaired) electrons. The van der Waals surface area contributed by atoms with E-state index in [9.17, 15) is 0 Å². The van der Waals surface area contributed by atoms with Gasteiger partial charge in [-0.2, -0.15) is 0 Å². The highest BCUT2D eigenvalue weighted by atomic mass is 35.5. The Balaban J connectivity index is 2.21. The lowest BCUT2D eigenvalue weighted by Gasteiger charge is -2.05. The lowest BCUT2D eigenvalue weighted by molar-refractivity contribution is 0.282. The number of aliphatic hydroxyl groups excluding tert-OH is 1. The molecule has 1 aromatic heterocycles. The fraction of sp³-hybridized carbons (Fsp3) is 0.0833. The molecule has 17 heavy (non-hydrogen) atoms.